The highest BCUT2D eigenvalue weighted by Gasteiger charge is 2.45. The SMILES string of the molecule is CN=C(NCCS(=O)(=O)C(C)(C)C)N1CC2(CCCC2)c2ccccc21.I. The molecule has 1 aromatic carbocycles. The second kappa shape index (κ2) is 8.27. The van der Waals surface area contributed by atoms with Crippen LogP contribution in [-0.4, -0.2) is 45.0 Å². The van der Waals surface area contributed by atoms with Crippen molar-refractivity contribution in [2.24, 2.45) is 4.99 Å². The van der Waals surface area contributed by atoms with Crippen LogP contribution in [0.3, 0.4) is 0 Å². The normalized spacial score (nSPS) is 19.1. The number of nitrogens with one attached hydrogen (secondary N) is 1. The Balaban J connectivity index is 0.00000261. The summed E-state index contributed by atoms with van der Waals surface area (Å²) in [7, 11) is -1.38. The molecule has 1 aromatic rings. The molecule has 0 bridgehead atoms. The van der Waals surface area contributed by atoms with E-state index in [9.17, 15) is 8.42 Å². The highest BCUT2D eigenvalue weighted by atomic mass is 127. The number of guanidine groups is 1. The van der Waals surface area contributed by atoms with Crippen LogP contribution in [0.5, 0.6) is 0 Å². The monoisotopic (exact) mass is 505 g/mol. The van der Waals surface area contributed by atoms with E-state index < -0.39 is 14.6 Å². The van der Waals surface area contributed by atoms with E-state index in [0.29, 0.717) is 6.54 Å². The van der Waals surface area contributed by atoms with Gasteiger partial charge in [0.25, 0.3) is 0 Å². The Bertz CT molecular complexity index is 794. The van der Waals surface area contributed by atoms with Crippen LogP contribution in [0.15, 0.2) is 29.3 Å². The summed E-state index contributed by atoms with van der Waals surface area (Å²) in [4.78, 5) is 6.68. The van der Waals surface area contributed by atoms with E-state index in [1.807, 2.05) is 0 Å². The number of anilines is 1. The van der Waals surface area contributed by atoms with Gasteiger partial charge in [0, 0.05) is 31.2 Å². The van der Waals surface area contributed by atoms with Crippen LogP contribution in [0, 0.1) is 0 Å². The smallest absolute Gasteiger partial charge is 0.198 e. The topological polar surface area (TPSA) is 61.8 Å². The van der Waals surface area contributed by atoms with E-state index in [-0.39, 0.29) is 35.1 Å². The van der Waals surface area contributed by atoms with Crippen LogP contribution < -0.4 is 10.2 Å². The second-order valence-corrected chi connectivity index (χ2v) is 11.4. The fourth-order valence-electron chi connectivity index (χ4n) is 4.20. The van der Waals surface area contributed by atoms with Gasteiger partial charge in [-0.1, -0.05) is 31.0 Å². The number of hydrogen-bond donors (Lipinski definition) is 1. The first kappa shape index (κ1) is 22.5. The molecule has 0 aromatic heterocycles. The van der Waals surface area contributed by atoms with E-state index in [1.54, 1.807) is 27.8 Å². The molecule has 152 valence electrons. The van der Waals surface area contributed by atoms with E-state index in [0.717, 1.165) is 12.5 Å². The molecular weight excluding hydrogens is 473 g/mol. The molecule has 0 saturated heterocycles. The van der Waals surface area contributed by atoms with Gasteiger partial charge in [0.15, 0.2) is 15.8 Å². The third kappa shape index (κ3) is 4.28. The third-order valence-electron chi connectivity index (χ3n) is 5.84. The zero-order valence-electron chi connectivity index (χ0n) is 16.8. The van der Waals surface area contributed by atoms with Gasteiger partial charge in [-0.15, -0.1) is 24.0 Å². The summed E-state index contributed by atoms with van der Waals surface area (Å²) in [5.41, 5.74) is 2.86. The van der Waals surface area contributed by atoms with Gasteiger partial charge in [-0.25, -0.2) is 8.42 Å². The van der Waals surface area contributed by atoms with Crippen LogP contribution in [0.2, 0.25) is 0 Å². The lowest BCUT2D eigenvalue weighted by Crippen LogP contribution is -2.45. The lowest BCUT2D eigenvalue weighted by atomic mass is 9.81. The van der Waals surface area contributed by atoms with E-state index >= 15 is 0 Å². The minimum absolute atomic E-state index is 0. The number of hydrogen-bond acceptors (Lipinski definition) is 3. The van der Waals surface area contributed by atoms with Gasteiger partial charge in [0.1, 0.15) is 0 Å². The minimum Gasteiger partial charge on any atom is -0.355 e. The predicted octanol–water partition coefficient (Wildman–Crippen LogP) is 3.73. The number of rotatable bonds is 3. The van der Waals surface area contributed by atoms with Crippen molar-refractivity contribution in [3.8, 4) is 0 Å². The van der Waals surface area contributed by atoms with Crippen LogP contribution in [-0.2, 0) is 15.3 Å². The van der Waals surface area contributed by atoms with Crippen LogP contribution in [0.1, 0.15) is 52.0 Å². The van der Waals surface area contributed by atoms with Gasteiger partial charge in [-0.2, -0.15) is 0 Å². The molecule has 3 rings (SSSR count). The lowest BCUT2D eigenvalue weighted by Gasteiger charge is -2.27. The summed E-state index contributed by atoms with van der Waals surface area (Å²) in [6.07, 6.45) is 4.99. The molecule has 0 amide bonds. The highest BCUT2D eigenvalue weighted by molar-refractivity contribution is 14.0. The molecule has 2 aliphatic rings. The van der Waals surface area contributed by atoms with Gasteiger partial charge in [0.05, 0.1) is 10.5 Å². The van der Waals surface area contributed by atoms with Crippen LogP contribution in [0.4, 0.5) is 5.69 Å². The highest BCUT2D eigenvalue weighted by Crippen LogP contribution is 2.50. The fourth-order valence-corrected chi connectivity index (χ4v) is 5.18. The Morgan fingerprint density at radius 1 is 1.22 bits per heavy atom. The quantitative estimate of drug-likeness (QED) is 0.387. The Morgan fingerprint density at radius 3 is 2.44 bits per heavy atom. The minimum atomic E-state index is -3.14. The second-order valence-electron chi connectivity index (χ2n) is 8.50. The first-order valence-corrected chi connectivity index (χ1v) is 11.2. The molecule has 1 aliphatic carbocycles. The van der Waals surface area contributed by atoms with Crippen molar-refractivity contribution >= 4 is 45.5 Å². The van der Waals surface area contributed by atoms with E-state index in [2.05, 4.69) is 39.5 Å². The maximum absolute atomic E-state index is 12.4. The molecule has 1 fully saturated rings. The standard InChI is InChI=1S/C20H31N3O2S.HI/c1-19(2,3)26(24,25)14-13-22-18(21-4)23-15-20(11-7-8-12-20)16-9-5-6-10-17(16)23;/h5-6,9-10H,7-8,11-15H2,1-4H3,(H,21,22);1H. The van der Waals surface area contributed by atoms with Crippen molar-refractivity contribution in [3.05, 3.63) is 29.8 Å². The van der Waals surface area contributed by atoms with Crippen molar-refractivity contribution in [1.82, 2.24) is 5.32 Å². The third-order valence-corrected chi connectivity index (χ3v) is 8.45. The number of benzene rings is 1. The number of halogens is 1. The largest absolute Gasteiger partial charge is 0.355 e. The predicted molar refractivity (Wildman–Crippen MR) is 124 cm³/mol. The Kier molecular flexibility index (Phi) is 6.88. The zero-order chi connectivity index (χ0) is 19.0. The van der Waals surface area contributed by atoms with Crippen molar-refractivity contribution < 1.29 is 8.42 Å². The maximum atomic E-state index is 12.4. The fraction of sp³-hybridized carbons (Fsp3) is 0.650. The Labute approximate surface area is 181 Å². The molecule has 0 unspecified atom stereocenters. The van der Waals surface area contributed by atoms with Crippen molar-refractivity contribution in [3.63, 3.8) is 0 Å². The Hall–Kier alpha value is -0.830. The van der Waals surface area contributed by atoms with Gasteiger partial charge in [0.2, 0.25) is 0 Å². The first-order chi connectivity index (χ1) is 12.2. The van der Waals surface area contributed by atoms with Crippen molar-refractivity contribution in [1.29, 1.82) is 0 Å². The molecule has 5 nitrogen and oxygen atoms in total. The molecular formula is C20H32IN3O2S. The van der Waals surface area contributed by atoms with E-state index in [4.69, 9.17) is 0 Å². The molecule has 1 N–H and O–H groups in total. The summed E-state index contributed by atoms with van der Waals surface area (Å²) in [5.74, 6) is 0.876. The molecule has 1 spiro atoms. The van der Waals surface area contributed by atoms with Gasteiger partial charge in [-0.3, -0.25) is 4.99 Å². The average Bonchev–Trinajstić information content (AvgIpc) is 3.18. The van der Waals surface area contributed by atoms with Gasteiger partial charge >= 0.3 is 0 Å². The lowest BCUT2D eigenvalue weighted by molar-refractivity contribution is 0.478. The summed E-state index contributed by atoms with van der Waals surface area (Å²) >= 11 is 0. The van der Waals surface area contributed by atoms with Crippen molar-refractivity contribution in [2.45, 2.75) is 56.6 Å². The number of aliphatic imine (C=N–C) groups is 1. The average molecular weight is 505 g/mol. The van der Waals surface area contributed by atoms with Crippen molar-refractivity contribution in [2.75, 3.05) is 30.8 Å². The summed E-state index contributed by atoms with van der Waals surface area (Å²) in [6, 6.07) is 8.59. The summed E-state index contributed by atoms with van der Waals surface area (Å²) < 4.78 is 24.0. The molecule has 1 heterocycles. The van der Waals surface area contributed by atoms with E-state index in [1.165, 1.54) is 36.9 Å². The maximum Gasteiger partial charge on any atom is 0.198 e. The summed E-state index contributed by atoms with van der Waals surface area (Å²) in [6.45, 7) is 6.54. The summed E-state index contributed by atoms with van der Waals surface area (Å²) in [5, 5.41) is 3.28. The van der Waals surface area contributed by atoms with Crippen LogP contribution in [0.25, 0.3) is 0 Å². The number of para-hydroxylation sites is 1. The number of sulfone groups is 1. The van der Waals surface area contributed by atoms with Crippen LogP contribution >= 0.6 is 24.0 Å². The molecule has 0 radical (unpaired) electrons. The molecule has 27 heavy (non-hydrogen) atoms. The molecule has 1 saturated carbocycles. The number of nitrogens with zero attached hydrogens (tertiary/aromatic N) is 2. The Morgan fingerprint density at radius 2 is 1.85 bits per heavy atom. The van der Waals surface area contributed by atoms with Gasteiger partial charge in [-0.05, 0) is 45.2 Å². The molecule has 7 heteroatoms. The van der Waals surface area contributed by atoms with Gasteiger partial charge < -0.3 is 10.2 Å². The number of fused-ring (bicyclic) bond motifs is 2. The molecule has 0 atom stereocenters. The first-order valence-electron chi connectivity index (χ1n) is 9.50. The molecule has 1 aliphatic heterocycles. The zero-order valence-corrected chi connectivity index (χ0v) is 19.9.